The highest BCUT2D eigenvalue weighted by Crippen LogP contribution is 2.32. The molecule has 0 fully saturated rings. The second-order valence-electron chi connectivity index (χ2n) is 4.37. The molecule has 0 aliphatic carbocycles. The van der Waals surface area contributed by atoms with Crippen LogP contribution in [-0.4, -0.2) is 12.1 Å². The molecule has 0 amide bonds. The van der Waals surface area contributed by atoms with E-state index in [1.54, 1.807) is 7.11 Å². The highest BCUT2D eigenvalue weighted by molar-refractivity contribution is 5.80. The quantitative estimate of drug-likeness (QED) is 0.825. The third kappa shape index (κ3) is 2.09. The molecule has 0 unspecified atom stereocenters. The molecule has 17 heavy (non-hydrogen) atoms. The van der Waals surface area contributed by atoms with E-state index in [4.69, 9.17) is 15.5 Å². The fraction of sp³-hybridized carbons (Fsp3) is 0.308. The highest BCUT2D eigenvalue weighted by atomic mass is 16.6. The minimum Gasteiger partial charge on any atom is -0.481 e. The molecule has 1 heterocycles. The molecule has 0 saturated heterocycles. The number of hydrogen-bond donors (Lipinski definition) is 1. The van der Waals surface area contributed by atoms with Gasteiger partial charge in [-0.25, -0.2) is 10.9 Å². The van der Waals surface area contributed by atoms with Crippen molar-refractivity contribution < 1.29 is 9.57 Å². The fourth-order valence-corrected chi connectivity index (χ4v) is 1.75. The molecule has 2 rings (SSSR count). The van der Waals surface area contributed by atoms with Crippen molar-refractivity contribution in [1.29, 1.82) is 0 Å². The van der Waals surface area contributed by atoms with E-state index in [1.165, 1.54) is 0 Å². The number of ether oxygens (including phenoxy) is 1. The highest BCUT2D eigenvalue weighted by Gasteiger charge is 2.26. The Bertz CT molecular complexity index is 538. The minimum atomic E-state index is -0.637. The summed E-state index contributed by atoms with van der Waals surface area (Å²) in [7, 11) is 1.59. The average Bonchev–Trinajstić information content (AvgIpc) is 2.37. The third-order valence-corrected chi connectivity index (χ3v) is 2.83. The molecular formula is C13H16N2O2. The minimum absolute atomic E-state index is 0.541. The van der Waals surface area contributed by atoms with Crippen molar-refractivity contribution in [2.75, 3.05) is 7.11 Å². The molecule has 1 aromatic heterocycles. The standard InChI is InChI=1S/C13H16N2O2/c1-13(2,17-14)10-8-9-6-4-5-7-11(9)15-12(10)16-3/h4-8H,14H2,1-3H3. The Morgan fingerprint density at radius 1 is 1.24 bits per heavy atom. The Morgan fingerprint density at radius 2 is 1.94 bits per heavy atom. The van der Waals surface area contributed by atoms with Crippen LogP contribution in [0.5, 0.6) is 5.88 Å². The Kier molecular flexibility index (Phi) is 3.00. The fourth-order valence-electron chi connectivity index (χ4n) is 1.75. The van der Waals surface area contributed by atoms with E-state index in [0.29, 0.717) is 5.88 Å². The van der Waals surface area contributed by atoms with Gasteiger partial charge in [0.2, 0.25) is 5.88 Å². The van der Waals surface area contributed by atoms with E-state index >= 15 is 0 Å². The van der Waals surface area contributed by atoms with Crippen LogP contribution in [0.15, 0.2) is 30.3 Å². The second-order valence-corrected chi connectivity index (χ2v) is 4.37. The maximum absolute atomic E-state index is 5.32. The predicted molar refractivity (Wildman–Crippen MR) is 66.6 cm³/mol. The monoisotopic (exact) mass is 232 g/mol. The molecule has 90 valence electrons. The number of benzene rings is 1. The number of nitrogens with two attached hydrogens (primary N) is 1. The smallest absolute Gasteiger partial charge is 0.219 e. The van der Waals surface area contributed by atoms with Crippen LogP contribution in [0.3, 0.4) is 0 Å². The maximum atomic E-state index is 5.32. The molecule has 0 aliphatic rings. The van der Waals surface area contributed by atoms with Gasteiger partial charge < -0.3 is 4.74 Å². The van der Waals surface area contributed by atoms with Crippen molar-refractivity contribution in [3.8, 4) is 5.88 Å². The van der Waals surface area contributed by atoms with E-state index in [1.807, 2.05) is 44.2 Å². The molecule has 2 N–H and O–H groups in total. The molecule has 0 atom stereocenters. The first-order valence-corrected chi connectivity index (χ1v) is 5.40. The maximum Gasteiger partial charge on any atom is 0.219 e. The van der Waals surface area contributed by atoms with Crippen molar-refractivity contribution in [1.82, 2.24) is 4.98 Å². The van der Waals surface area contributed by atoms with Crippen LogP contribution in [-0.2, 0) is 10.4 Å². The SMILES string of the molecule is COc1nc2ccccc2cc1C(C)(C)ON. The molecule has 0 radical (unpaired) electrons. The van der Waals surface area contributed by atoms with Gasteiger partial charge >= 0.3 is 0 Å². The van der Waals surface area contributed by atoms with Crippen LogP contribution in [0.4, 0.5) is 0 Å². The zero-order chi connectivity index (χ0) is 12.5. The van der Waals surface area contributed by atoms with Crippen molar-refractivity contribution in [2.45, 2.75) is 19.4 Å². The Balaban J connectivity index is 2.69. The lowest BCUT2D eigenvalue weighted by atomic mass is 9.98. The Hall–Kier alpha value is -1.65. The molecule has 4 heteroatoms. The van der Waals surface area contributed by atoms with Gasteiger partial charge in [0.05, 0.1) is 12.6 Å². The van der Waals surface area contributed by atoms with Gasteiger partial charge in [0.25, 0.3) is 0 Å². The predicted octanol–water partition coefficient (Wildman–Crippen LogP) is 2.37. The van der Waals surface area contributed by atoms with Crippen LogP contribution >= 0.6 is 0 Å². The lowest BCUT2D eigenvalue weighted by Crippen LogP contribution is -2.26. The first kappa shape index (κ1) is 11.8. The van der Waals surface area contributed by atoms with Crippen molar-refractivity contribution >= 4 is 10.9 Å². The largest absolute Gasteiger partial charge is 0.481 e. The normalized spacial score (nSPS) is 11.8. The number of pyridine rings is 1. The van der Waals surface area contributed by atoms with E-state index in [9.17, 15) is 0 Å². The number of nitrogens with zero attached hydrogens (tertiary/aromatic N) is 1. The Morgan fingerprint density at radius 3 is 2.59 bits per heavy atom. The number of methoxy groups -OCH3 is 1. The number of para-hydroxylation sites is 1. The first-order valence-electron chi connectivity index (χ1n) is 5.40. The molecule has 0 aliphatic heterocycles. The summed E-state index contributed by atoms with van der Waals surface area (Å²) in [5.41, 5.74) is 1.09. The van der Waals surface area contributed by atoms with Crippen LogP contribution in [0.1, 0.15) is 19.4 Å². The van der Waals surface area contributed by atoms with Gasteiger partial charge in [0.1, 0.15) is 5.60 Å². The van der Waals surface area contributed by atoms with Crippen molar-refractivity contribution in [2.24, 2.45) is 5.90 Å². The van der Waals surface area contributed by atoms with Gasteiger partial charge in [-0.05, 0) is 26.0 Å². The lowest BCUT2D eigenvalue weighted by Gasteiger charge is -2.24. The average molecular weight is 232 g/mol. The summed E-state index contributed by atoms with van der Waals surface area (Å²) in [6.45, 7) is 3.75. The van der Waals surface area contributed by atoms with Gasteiger partial charge in [-0.15, -0.1) is 0 Å². The third-order valence-electron chi connectivity index (χ3n) is 2.83. The zero-order valence-electron chi connectivity index (χ0n) is 10.2. The summed E-state index contributed by atoms with van der Waals surface area (Å²) in [6, 6.07) is 9.85. The topological polar surface area (TPSA) is 57.4 Å². The van der Waals surface area contributed by atoms with E-state index in [-0.39, 0.29) is 0 Å². The van der Waals surface area contributed by atoms with Gasteiger partial charge in [-0.3, -0.25) is 4.84 Å². The van der Waals surface area contributed by atoms with Crippen LogP contribution in [0.25, 0.3) is 10.9 Å². The van der Waals surface area contributed by atoms with E-state index in [2.05, 4.69) is 4.98 Å². The molecule has 2 aromatic rings. The van der Waals surface area contributed by atoms with Crippen LogP contribution < -0.4 is 10.6 Å². The molecular weight excluding hydrogens is 216 g/mol. The molecule has 0 spiro atoms. The summed E-state index contributed by atoms with van der Waals surface area (Å²) in [6.07, 6.45) is 0. The lowest BCUT2D eigenvalue weighted by molar-refractivity contribution is -0.0253. The van der Waals surface area contributed by atoms with E-state index in [0.717, 1.165) is 16.5 Å². The number of aromatic nitrogens is 1. The number of hydrogen-bond acceptors (Lipinski definition) is 4. The molecule has 1 aromatic carbocycles. The number of rotatable bonds is 3. The summed E-state index contributed by atoms with van der Waals surface area (Å²) in [5, 5.41) is 1.04. The zero-order valence-corrected chi connectivity index (χ0v) is 10.2. The summed E-state index contributed by atoms with van der Waals surface area (Å²) in [4.78, 5) is 9.45. The van der Waals surface area contributed by atoms with Crippen molar-refractivity contribution in [3.63, 3.8) is 0 Å². The second kappa shape index (κ2) is 4.31. The van der Waals surface area contributed by atoms with Crippen LogP contribution in [0.2, 0.25) is 0 Å². The van der Waals surface area contributed by atoms with Crippen molar-refractivity contribution in [3.05, 3.63) is 35.9 Å². The summed E-state index contributed by atoms with van der Waals surface area (Å²) >= 11 is 0. The van der Waals surface area contributed by atoms with Gasteiger partial charge in [-0.1, -0.05) is 18.2 Å². The molecule has 4 nitrogen and oxygen atoms in total. The summed E-state index contributed by atoms with van der Waals surface area (Å²) < 4.78 is 5.29. The van der Waals surface area contributed by atoms with Gasteiger partial charge in [-0.2, -0.15) is 0 Å². The van der Waals surface area contributed by atoms with Crippen LogP contribution in [0, 0.1) is 0 Å². The first-order chi connectivity index (χ1) is 8.08. The molecule has 0 bridgehead atoms. The number of fused-ring (bicyclic) bond motifs is 1. The summed E-state index contributed by atoms with van der Waals surface area (Å²) in [5.74, 6) is 5.86. The van der Waals surface area contributed by atoms with Gasteiger partial charge in [0, 0.05) is 10.9 Å². The van der Waals surface area contributed by atoms with E-state index < -0.39 is 5.60 Å². The Labute approximate surface area is 100 Å². The van der Waals surface area contributed by atoms with Gasteiger partial charge in [0.15, 0.2) is 0 Å². The molecule has 0 saturated carbocycles.